The molecule has 1 radical (unpaired) electrons. The van der Waals surface area contributed by atoms with Gasteiger partial charge in [-0.1, -0.05) is 45.2 Å². The number of fused-ring (bicyclic) bond motifs is 8. The van der Waals surface area contributed by atoms with E-state index in [1.807, 2.05) is 30.9 Å². The van der Waals surface area contributed by atoms with Crippen LogP contribution in [0.15, 0.2) is 67.4 Å². The van der Waals surface area contributed by atoms with Crippen LogP contribution in [0.25, 0.3) is 49.2 Å². The summed E-state index contributed by atoms with van der Waals surface area (Å²) in [6, 6.07) is 16.4. The smallest absolute Gasteiger partial charge is 0.0555 e. The van der Waals surface area contributed by atoms with Crippen LogP contribution in [0.4, 0.5) is 0 Å². The van der Waals surface area contributed by atoms with Gasteiger partial charge in [0.1, 0.15) is 0 Å². The van der Waals surface area contributed by atoms with Crippen LogP contribution in [0, 0.1) is 6.07 Å². The predicted molar refractivity (Wildman–Crippen MR) is 139 cm³/mol. The zero-order valence-electron chi connectivity index (χ0n) is 20.2. The molecular weight excluding hydrogens is 609 g/mol. The van der Waals surface area contributed by atoms with Crippen LogP contribution < -0.4 is 0 Å². The predicted octanol–water partition coefficient (Wildman–Crippen LogP) is 7.03. The van der Waals surface area contributed by atoms with E-state index < -0.39 is 0 Å². The van der Waals surface area contributed by atoms with Crippen LogP contribution in [-0.4, -0.2) is 19.5 Å². The zero-order chi connectivity index (χ0) is 23.2. The Hall–Kier alpha value is -3.14. The Morgan fingerprint density at radius 3 is 2.11 bits per heavy atom. The average Bonchev–Trinajstić information content (AvgIpc) is 3.26. The van der Waals surface area contributed by atoms with Crippen molar-refractivity contribution in [2.24, 2.45) is 0 Å². The summed E-state index contributed by atoms with van der Waals surface area (Å²) in [5.41, 5.74) is 7.46. The topological polar surface area (TPSA) is 43.6 Å². The normalized spacial score (nSPS) is 16.1. The molecule has 0 amide bonds. The van der Waals surface area contributed by atoms with Gasteiger partial charge < -0.3 is 9.55 Å². The number of benzene rings is 2. The number of hydrogen-bond acceptors (Lipinski definition) is 3. The van der Waals surface area contributed by atoms with Crippen molar-refractivity contribution >= 4 is 43.5 Å². The Kier molecular flexibility index (Phi) is 4.74. The van der Waals surface area contributed by atoms with E-state index in [9.17, 15) is 0 Å². The minimum Gasteiger partial charge on any atom is -0.326 e. The van der Waals surface area contributed by atoms with Gasteiger partial charge >= 0.3 is 0 Å². The molecule has 0 unspecified atom stereocenters. The molecule has 6 aromatic rings. The molecule has 0 N–H and O–H groups in total. The SMILES string of the molecule is CC1(C)CC(C)(C)c2c1cnc1c2ccc2c(-n3c4ccncc4c4cnccc43)cc[c-]c21.[Ir]. The maximum absolute atomic E-state index is 5.03. The van der Waals surface area contributed by atoms with Crippen molar-refractivity contribution in [3.63, 3.8) is 0 Å². The van der Waals surface area contributed by atoms with Gasteiger partial charge in [-0.05, 0) is 57.1 Å². The monoisotopic (exact) mass is 634 g/mol. The summed E-state index contributed by atoms with van der Waals surface area (Å²) < 4.78 is 2.32. The standard InChI is InChI=1S/C30H25N4.Ir/c1-29(2)17-30(3,4)27-20-9-8-18-19(28(20)33-16-23(27)29)6-5-7-24(18)34-25-10-12-31-14-21(25)22-15-32-13-11-26(22)34;/h5,7-16H,17H2,1-4H3;/q-1;. The largest absolute Gasteiger partial charge is 0.326 e. The van der Waals surface area contributed by atoms with Gasteiger partial charge in [-0.25, -0.2) is 0 Å². The fourth-order valence-corrected chi connectivity index (χ4v) is 6.61. The Morgan fingerprint density at radius 2 is 1.43 bits per heavy atom. The van der Waals surface area contributed by atoms with E-state index in [0.717, 1.165) is 50.2 Å². The summed E-state index contributed by atoms with van der Waals surface area (Å²) in [7, 11) is 0. The molecule has 0 aliphatic heterocycles. The summed E-state index contributed by atoms with van der Waals surface area (Å²) in [5, 5.41) is 5.67. The number of pyridine rings is 3. The third-order valence-electron chi connectivity index (χ3n) is 7.68. The van der Waals surface area contributed by atoms with Crippen molar-refractivity contribution in [3.05, 3.63) is 84.6 Å². The van der Waals surface area contributed by atoms with Crippen LogP contribution in [0.5, 0.6) is 0 Å². The summed E-state index contributed by atoms with van der Waals surface area (Å²) in [6.45, 7) is 9.41. The molecule has 0 atom stereocenters. The Bertz CT molecular complexity index is 1740. The van der Waals surface area contributed by atoms with Gasteiger partial charge in [-0.15, -0.1) is 23.6 Å². The summed E-state index contributed by atoms with van der Waals surface area (Å²) in [6.07, 6.45) is 10.8. The second-order valence-corrected chi connectivity index (χ2v) is 10.9. The van der Waals surface area contributed by atoms with E-state index in [1.54, 1.807) is 0 Å². The van der Waals surface area contributed by atoms with E-state index >= 15 is 0 Å². The number of nitrogens with zero attached hydrogens (tertiary/aromatic N) is 4. The Morgan fingerprint density at radius 1 is 0.771 bits per heavy atom. The first kappa shape index (κ1) is 22.3. The van der Waals surface area contributed by atoms with Crippen molar-refractivity contribution in [1.82, 2.24) is 19.5 Å². The maximum Gasteiger partial charge on any atom is 0.0555 e. The molecule has 175 valence electrons. The average molecular weight is 634 g/mol. The van der Waals surface area contributed by atoms with Gasteiger partial charge in [-0.3, -0.25) is 9.97 Å². The molecule has 0 fully saturated rings. The van der Waals surface area contributed by atoms with Gasteiger partial charge in [0.2, 0.25) is 0 Å². The van der Waals surface area contributed by atoms with Crippen LogP contribution in [0.3, 0.4) is 0 Å². The third-order valence-corrected chi connectivity index (χ3v) is 7.68. The Labute approximate surface area is 217 Å². The first-order valence-electron chi connectivity index (χ1n) is 11.8. The molecule has 1 aliphatic rings. The van der Waals surface area contributed by atoms with Gasteiger partial charge in [0.25, 0.3) is 0 Å². The van der Waals surface area contributed by atoms with E-state index in [4.69, 9.17) is 4.98 Å². The van der Waals surface area contributed by atoms with Gasteiger partial charge in [0, 0.05) is 61.9 Å². The van der Waals surface area contributed by atoms with Crippen LogP contribution in [0.2, 0.25) is 0 Å². The molecule has 2 aromatic carbocycles. The summed E-state index contributed by atoms with van der Waals surface area (Å²) >= 11 is 0. The summed E-state index contributed by atoms with van der Waals surface area (Å²) in [5.74, 6) is 0. The third kappa shape index (κ3) is 2.98. The molecule has 0 spiro atoms. The molecular formula is C30H25IrN4-. The second-order valence-electron chi connectivity index (χ2n) is 10.9. The molecule has 0 saturated carbocycles. The molecule has 0 bridgehead atoms. The van der Waals surface area contributed by atoms with E-state index in [0.29, 0.717) is 0 Å². The summed E-state index contributed by atoms with van der Waals surface area (Å²) in [4.78, 5) is 13.8. The number of rotatable bonds is 1. The van der Waals surface area contributed by atoms with Crippen LogP contribution >= 0.6 is 0 Å². The molecule has 4 heterocycles. The van der Waals surface area contributed by atoms with Gasteiger partial charge in [-0.2, -0.15) is 0 Å². The minimum absolute atomic E-state index is 0. The van der Waals surface area contributed by atoms with E-state index in [2.05, 4.69) is 84.8 Å². The molecule has 7 rings (SSSR count). The second kappa shape index (κ2) is 7.43. The van der Waals surface area contributed by atoms with Crippen LogP contribution in [-0.2, 0) is 30.9 Å². The van der Waals surface area contributed by atoms with Crippen molar-refractivity contribution in [1.29, 1.82) is 0 Å². The quantitative estimate of drug-likeness (QED) is 0.144. The molecule has 5 heteroatoms. The van der Waals surface area contributed by atoms with Gasteiger partial charge in [0.15, 0.2) is 0 Å². The Balaban J connectivity index is 0.00000229. The number of hydrogen-bond donors (Lipinski definition) is 0. The van der Waals surface area contributed by atoms with E-state index in [1.165, 1.54) is 16.5 Å². The van der Waals surface area contributed by atoms with Gasteiger partial charge in [0.05, 0.1) is 11.0 Å². The molecule has 4 aromatic heterocycles. The zero-order valence-corrected chi connectivity index (χ0v) is 22.6. The van der Waals surface area contributed by atoms with Crippen LogP contribution in [0.1, 0.15) is 45.2 Å². The first-order valence-corrected chi connectivity index (χ1v) is 11.8. The number of aromatic nitrogens is 4. The fourth-order valence-electron chi connectivity index (χ4n) is 6.61. The first-order chi connectivity index (χ1) is 16.4. The molecule has 4 nitrogen and oxygen atoms in total. The maximum atomic E-state index is 5.03. The molecule has 1 aliphatic carbocycles. The fraction of sp³-hybridized carbons (Fsp3) is 0.233. The van der Waals surface area contributed by atoms with Crippen molar-refractivity contribution < 1.29 is 20.1 Å². The van der Waals surface area contributed by atoms with Crippen molar-refractivity contribution in [2.45, 2.75) is 44.9 Å². The van der Waals surface area contributed by atoms with Crippen molar-refractivity contribution in [2.75, 3.05) is 0 Å². The van der Waals surface area contributed by atoms with E-state index in [-0.39, 0.29) is 30.9 Å². The van der Waals surface area contributed by atoms with Crippen molar-refractivity contribution in [3.8, 4) is 5.69 Å². The molecule has 0 saturated heterocycles. The minimum atomic E-state index is 0. The molecule has 35 heavy (non-hydrogen) atoms.